The summed E-state index contributed by atoms with van der Waals surface area (Å²) in [6.45, 7) is 0. The van der Waals surface area contributed by atoms with E-state index in [2.05, 4.69) is 9.93 Å². The molecule has 0 aliphatic heterocycles. The first kappa shape index (κ1) is 13.9. The number of nitrogens with zero attached hydrogens (tertiary/aromatic N) is 2. The van der Waals surface area contributed by atoms with Crippen LogP contribution < -0.4 is 4.83 Å². The van der Waals surface area contributed by atoms with Gasteiger partial charge in [-0.25, -0.2) is 0 Å². The van der Waals surface area contributed by atoms with Gasteiger partial charge < -0.3 is 0 Å². The average molecular weight is 293 g/mol. The first-order chi connectivity index (χ1) is 9.49. The molecule has 0 amide bonds. The van der Waals surface area contributed by atoms with E-state index < -0.39 is 14.9 Å². The van der Waals surface area contributed by atoms with Gasteiger partial charge in [-0.2, -0.15) is 18.4 Å². The average Bonchev–Trinajstić information content (AvgIpc) is 2.46. The van der Waals surface area contributed by atoms with Crippen molar-refractivity contribution in [2.75, 3.05) is 0 Å². The van der Waals surface area contributed by atoms with E-state index in [0.717, 1.165) is 0 Å². The lowest BCUT2D eigenvalue weighted by molar-refractivity contribution is -0.419. The van der Waals surface area contributed by atoms with Crippen molar-refractivity contribution in [1.29, 1.82) is 0 Å². The Morgan fingerprint density at radius 1 is 1.20 bits per heavy atom. The number of nitrogens with one attached hydrogen (secondary N) is 1. The highest BCUT2D eigenvalue weighted by molar-refractivity contribution is 7.89. The van der Waals surface area contributed by atoms with Gasteiger partial charge in [-0.3, -0.25) is 10.1 Å². The van der Waals surface area contributed by atoms with Crippen molar-refractivity contribution in [3.8, 4) is 0 Å². The van der Waals surface area contributed by atoms with Crippen molar-refractivity contribution >= 4 is 15.7 Å². The molecule has 0 saturated heterocycles. The van der Waals surface area contributed by atoms with E-state index in [1.165, 1.54) is 30.4 Å². The van der Waals surface area contributed by atoms with Crippen molar-refractivity contribution in [2.45, 2.75) is 11.3 Å². The fourth-order valence-corrected chi connectivity index (χ4v) is 2.37. The molecular weight excluding hydrogens is 282 g/mol. The molecule has 0 aromatic heterocycles. The molecule has 0 spiro atoms. The van der Waals surface area contributed by atoms with E-state index in [9.17, 15) is 18.5 Å². The third kappa shape index (κ3) is 3.29. The SMILES string of the molecule is O=[N+]([O-])C1=CCC(=NNS(=O)(=O)c2ccccc2)C=C1. The molecule has 0 atom stereocenters. The van der Waals surface area contributed by atoms with Crippen LogP contribution in [-0.2, 0) is 10.0 Å². The lowest BCUT2D eigenvalue weighted by Gasteiger charge is -2.06. The maximum Gasteiger partial charge on any atom is 0.276 e. The maximum absolute atomic E-state index is 11.9. The highest BCUT2D eigenvalue weighted by Crippen LogP contribution is 2.10. The van der Waals surface area contributed by atoms with Crippen LogP contribution in [0.2, 0.25) is 0 Å². The molecule has 2 rings (SSSR count). The van der Waals surface area contributed by atoms with Gasteiger partial charge in [0.05, 0.1) is 15.5 Å². The Balaban J connectivity index is 2.09. The second-order valence-electron chi connectivity index (χ2n) is 3.93. The zero-order valence-electron chi connectivity index (χ0n) is 10.3. The molecule has 0 saturated carbocycles. The lowest BCUT2D eigenvalue weighted by Crippen LogP contribution is -2.20. The van der Waals surface area contributed by atoms with Crippen molar-refractivity contribution in [3.63, 3.8) is 0 Å². The summed E-state index contributed by atoms with van der Waals surface area (Å²) in [5.41, 5.74) is 0.366. The summed E-state index contributed by atoms with van der Waals surface area (Å²) in [4.78, 5) is 12.2. The molecule has 104 valence electrons. The zero-order valence-corrected chi connectivity index (χ0v) is 11.1. The van der Waals surface area contributed by atoms with Crippen LogP contribution in [-0.4, -0.2) is 19.1 Å². The Morgan fingerprint density at radius 2 is 1.90 bits per heavy atom. The summed E-state index contributed by atoms with van der Waals surface area (Å²) in [7, 11) is -3.72. The quantitative estimate of drug-likeness (QED) is 0.670. The van der Waals surface area contributed by atoms with E-state index in [1.807, 2.05) is 0 Å². The Morgan fingerprint density at radius 3 is 2.45 bits per heavy atom. The third-order valence-corrected chi connectivity index (χ3v) is 3.76. The van der Waals surface area contributed by atoms with Gasteiger partial charge in [-0.1, -0.05) is 18.2 Å². The van der Waals surface area contributed by atoms with E-state index >= 15 is 0 Å². The standard InChI is InChI=1S/C12H11N3O4S/c16-15(17)11-8-6-10(7-9-11)13-14-20(18,19)12-4-2-1-3-5-12/h1-6,8-9,14H,7H2. The minimum Gasteiger partial charge on any atom is -0.258 e. The van der Waals surface area contributed by atoms with E-state index in [-0.39, 0.29) is 17.0 Å². The molecule has 7 nitrogen and oxygen atoms in total. The number of hydrazone groups is 1. The predicted molar refractivity (Wildman–Crippen MR) is 73.0 cm³/mol. The van der Waals surface area contributed by atoms with Crippen LogP contribution in [0.4, 0.5) is 0 Å². The van der Waals surface area contributed by atoms with Gasteiger partial charge in [0.1, 0.15) is 0 Å². The molecule has 1 aliphatic rings. The fraction of sp³-hybridized carbons (Fsp3) is 0.0833. The van der Waals surface area contributed by atoms with Gasteiger partial charge >= 0.3 is 0 Å². The molecule has 0 heterocycles. The zero-order chi connectivity index (χ0) is 14.6. The van der Waals surface area contributed by atoms with E-state index in [0.29, 0.717) is 5.71 Å². The Bertz CT molecular complexity index is 705. The van der Waals surface area contributed by atoms with Gasteiger partial charge in [0, 0.05) is 12.5 Å². The maximum atomic E-state index is 11.9. The Hall–Kier alpha value is -2.48. The minimum atomic E-state index is -3.72. The summed E-state index contributed by atoms with van der Waals surface area (Å²) < 4.78 is 23.8. The molecule has 0 unspecified atom stereocenters. The third-order valence-electron chi connectivity index (χ3n) is 2.54. The number of hydrogen-bond acceptors (Lipinski definition) is 5. The van der Waals surface area contributed by atoms with Crippen LogP contribution >= 0.6 is 0 Å². The van der Waals surface area contributed by atoms with Gasteiger partial charge in [-0.05, 0) is 24.3 Å². The summed E-state index contributed by atoms with van der Waals surface area (Å²) >= 11 is 0. The van der Waals surface area contributed by atoms with Gasteiger partial charge in [0.25, 0.3) is 15.7 Å². The molecule has 1 aliphatic carbocycles. The van der Waals surface area contributed by atoms with Crippen molar-refractivity contribution in [2.24, 2.45) is 5.10 Å². The molecule has 1 aromatic carbocycles. The molecule has 1 N–H and O–H groups in total. The molecule has 1 aromatic rings. The molecule has 0 fully saturated rings. The van der Waals surface area contributed by atoms with Crippen molar-refractivity contribution in [1.82, 2.24) is 4.83 Å². The highest BCUT2D eigenvalue weighted by atomic mass is 32.2. The molecule has 0 bridgehead atoms. The number of allylic oxidation sites excluding steroid dienone is 3. The van der Waals surface area contributed by atoms with Crippen LogP contribution in [0.3, 0.4) is 0 Å². The van der Waals surface area contributed by atoms with Gasteiger partial charge in [0.15, 0.2) is 0 Å². The van der Waals surface area contributed by atoms with Gasteiger partial charge in [0.2, 0.25) is 0 Å². The number of sulfonamides is 1. The smallest absolute Gasteiger partial charge is 0.258 e. The number of rotatable bonds is 4. The van der Waals surface area contributed by atoms with Crippen LogP contribution in [0.25, 0.3) is 0 Å². The first-order valence-corrected chi connectivity index (χ1v) is 7.13. The van der Waals surface area contributed by atoms with Crippen LogP contribution in [0.5, 0.6) is 0 Å². The normalized spacial score (nSPS) is 16.8. The van der Waals surface area contributed by atoms with Crippen LogP contribution in [0.15, 0.2) is 64.3 Å². The number of hydrogen-bond donors (Lipinski definition) is 1. The monoisotopic (exact) mass is 293 g/mol. The summed E-state index contributed by atoms with van der Waals surface area (Å²) in [6, 6.07) is 7.81. The number of nitro groups is 1. The van der Waals surface area contributed by atoms with E-state index in [1.54, 1.807) is 18.2 Å². The molecular formula is C12H11N3O4S. The Labute approximate surface area is 115 Å². The molecule has 8 heteroatoms. The topological polar surface area (TPSA) is 102 Å². The van der Waals surface area contributed by atoms with Gasteiger partial charge in [-0.15, -0.1) is 0 Å². The van der Waals surface area contributed by atoms with Crippen LogP contribution in [0.1, 0.15) is 6.42 Å². The highest BCUT2D eigenvalue weighted by Gasteiger charge is 2.14. The summed E-state index contributed by atoms with van der Waals surface area (Å²) in [6.07, 6.45) is 4.25. The first-order valence-electron chi connectivity index (χ1n) is 5.65. The minimum absolute atomic E-state index is 0.0325. The fourth-order valence-electron chi connectivity index (χ4n) is 1.52. The summed E-state index contributed by atoms with van der Waals surface area (Å²) in [5, 5.41) is 14.2. The number of benzene rings is 1. The van der Waals surface area contributed by atoms with Crippen molar-refractivity contribution < 1.29 is 13.3 Å². The lowest BCUT2D eigenvalue weighted by atomic mass is 10.1. The summed E-state index contributed by atoms with van der Waals surface area (Å²) in [5.74, 6) is 0. The second-order valence-corrected chi connectivity index (χ2v) is 5.60. The van der Waals surface area contributed by atoms with E-state index in [4.69, 9.17) is 0 Å². The van der Waals surface area contributed by atoms with Crippen molar-refractivity contribution in [3.05, 3.63) is 64.4 Å². The Kier molecular flexibility index (Phi) is 3.94. The second kappa shape index (κ2) is 5.66. The van der Waals surface area contributed by atoms with Crippen LogP contribution in [0, 0.1) is 10.1 Å². The predicted octanol–water partition coefficient (Wildman–Crippen LogP) is 1.44. The molecule has 20 heavy (non-hydrogen) atoms. The largest absolute Gasteiger partial charge is 0.276 e. The molecule has 0 radical (unpaired) electrons.